The topological polar surface area (TPSA) is 45.5 Å². The molecule has 4 nitrogen and oxygen atoms in total. The van der Waals surface area contributed by atoms with Gasteiger partial charge in [0.2, 0.25) is 0 Å². The number of piperidine rings is 1. The van der Waals surface area contributed by atoms with Crippen molar-refractivity contribution in [2.75, 3.05) is 19.6 Å². The highest BCUT2D eigenvalue weighted by Gasteiger charge is 2.20. The number of likely N-dealkylation sites (tertiary alicyclic amines) is 1. The number of hydrogen-bond acceptors (Lipinski definition) is 3. The molecule has 1 aromatic carbocycles. The van der Waals surface area contributed by atoms with Gasteiger partial charge in [-0.15, -0.1) is 0 Å². The van der Waals surface area contributed by atoms with Crippen LogP contribution in [-0.2, 0) is 12.8 Å². The highest BCUT2D eigenvalue weighted by Crippen LogP contribution is 2.23. The molecule has 0 radical (unpaired) electrons. The summed E-state index contributed by atoms with van der Waals surface area (Å²) in [6.07, 6.45) is 6.14. The fourth-order valence-electron chi connectivity index (χ4n) is 3.66. The third-order valence-electron chi connectivity index (χ3n) is 5.37. The van der Waals surface area contributed by atoms with E-state index in [0.29, 0.717) is 18.3 Å². The van der Waals surface area contributed by atoms with E-state index in [1.54, 1.807) is 12.1 Å². The molecule has 1 aliphatic heterocycles. The van der Waals surface area contributed by atoms with Gasteiger partial charge in [-0.1, -0.05) is 24.3 Å². The molecule has 0 unspecified atom stereocenters. The number of amides is 1. The van der Waals surface area contributed by atoms with Crippen LogP contribution in [0.5, 0.6) is 0 Å². The summed E-state index contributed by atoms with van der Waals surface area (Å²) in [7, 11) is 0. The van der Waals surface area contributed by atoms with E-state index >= 15 is 0 Å². The Labute approximate surface area is 156 Å². The average molecular weight is 354 g/mol. The number of nitrogens with one attached hydrogen (secondary N) is 1. The zero-order valence-electron chi connectivity index (χ0n) is 15.9. The van der Waals surface area contributed by atoms with Crippen LogP contribution in [0, 0.1) is 5.92 Å². The van der Waals surface area contributed by atoms with Crippen LogP contribution in [0.1, 0.15) is 48.4 Å². The molecule has 0 saturated carbocycles. The zero-order valence-corrected chi connectivity index (χ0v) is 15.9. The molecule has 1 N–H and O–H groups in total. The van der Waals surface area contributed by atoms with Crippen molar-refractivity contribution in [1.29, 1.82) is 0 Å². The summed E-state index contributed by atoms with van der Waals surface area (Å²) in [5.74, 6) is 1.02. The van der Waals surface area contributed by atoms with Gasteiger partial charge in [0.25, 0.3) is 5.91 Å². The molecule has 4 heteroatoms. The van der Waals surface area contributed by atoms with E-state index in [1.165, 1.54) is 49.7 Å². The first-order valence-electron chi connectivity index (χ1n) is 9.75. The second kappa shape index (κ2) is 9.04. The van der Waals surface area contributed by atoms with E-state index in [0.717, 1.165) is 12.3 Å². The molecule has 0 spiro atoms. The Morgan fingerprint density at radius 2 is 1.85 bits per heavy atom. The van der Waals surface area contributed by atoms with Gasteiger partial charge in [-0.05, 0) is 81.8 Å². The Kier molecular flexibility index (Phi) is 6.51. The van der Waals surface area contributed by atoms with E-state index in [-0.39, 0.29) is 5.91 Å². The summed E-state index contributed by atoms with van der Waals surface area (Å²) in [5.41, 5.74) is 2.68. The van der Waals surface area contributed by atoms with Crippen LogP contribution in [0.4, 0.5) is 0 Å². The molecule has 26 heavy (non-hydrogen) atoms. The van der Waals surface area contributed by atoms with Gasteiger partial charge >= 0.3 is 0 Å². The molecule has 1 amide bonds. The number of hydrogen-bond donors (Lipinski definition) is 1. The lowest BCUT2D eigenvalue weighted by atomic mass is 9.89. The molecule has 1 fully saturated rings. The maximum absolute atomic E-state index is 11.8. The van der Waals surface area contributed by atoms with Crippen LogP contribution in [0.2, 0.25) is 0 Å². The number of carbonyl (C=O) groups excluding carboxylic acids is 1. The second-order valence-corrected chi connectivity index (χ2v) is 7.58. The van der Waals surface area contributed by atoms with Crippen molar-refractivity contribution >= 4 is 5.91 Å². The van der Waals surface area contributed by atoms with Crippen molar-refractivity contribution in [1.82, 2.24) is 10.2 Å². The van der Waals surface area contributed by atoms with Crippen molar-refractivity contribution in [3.05, 3.63) is 59.5 Å². The van der Waals surface area contributed by atoms with E-state index in [1.807, 2.05) is 0 Å². The summed E-state index contributed by atoms with van der Waals surface area (Å²) >= 11 is 0. The molecule has 2 heterocycles. The second-order valence-electron chi connectivity index (χ2n) is 7.58. The molecule has 1 aliphatic rings. The molecular formula is C22H30N2O2. The minimum atomic E-state index is -0.153. The number of furan rings is 1. The molecule has 0 aliphatic carbocycles. The van der Waals surface area contributed by atoms with Crippen molar-refractivity contribution < 1.29 is 9.21 Å². The van der Waals surface area contributed by atoms with Gasteiger partial charge in [0.15, 0.2) is 5.76 Å². The normalized spacial score (nSPS) is 16.1. The average Bonchev–Trinajstić information content (AvgIpc) is 3.18. The summed E-state index contributed by atoms with van der Waals surface area (Å²) in [4.78, 5) is 14.4. The fraction of sp³-hybridized carbons (Fsp3) is 0.500. The Bertz CT molecular complexity index is 669. The minimum absolute atomic E-state index is 0.153. The third-order valence-corrected chi connectivity index (χ3v) is 5.37. The van der Waals surface area contributed by atoms with Crippen LogP contribution in [-0.4, -0.2) is 36.5 Å². The SMILES string of the molecule is CC(C)N1CCC(Cc2ccc(CCNC(=O)c3ccco3)cc2)CC1. The molecule has 3 rings (SSSR count). The van der Waals surface area contributed by atoms with Crippen molar-refractivity contribution in [3.63, 3.8) is 0 Å². The fourth-order valence-corrected chi connectivity index (χ4v) is 3.66. The number of carbonyl (C=O) groups is 1. The van der Waals surface area contributed by atoms with Crippen molar-refractivity contribution in [3.8, 4) is 0 Å². The van der Waals surface area contributed by atoms with E-state index < -0.39 is 0 Å². The standard InChI is InChI=1S/C22H30N2O2/c1-17(2)24-13-10-20(11-14-24)16-19-7-5-18(6-8-19)9-12-23-22(25)21-4-3-15-26-21/h3-8,15,17,20H,9-14,16H2,1-2H3,(H,23,25). The summed E-state index contributed by atoms with van der Waals surface area (Å²) < 4.78 is 5.09. The predicted octanol–water partition coefficient (Wildman–Crippen LogP) is 3.92. The molecule has 1 saturated heterocycles. The third kappa shape index (κ3) is 5.21. The zero-order chi connectivity index (χ0) is 18.4. The lowest BCUT2D eigenvalue weighted by Crippen LogP contribution is -2.38. The quantitative estimate of drug-likeness (QED) is 0.820. The maximum Gasteiger partial charge on any atom is 0.286 e. The van der Waals surface area contributed by atoms with Crippen molar-refractivity contribution in [2.45, 2.75) is 45.6 Å². The van der Waals surface area contributed by atoms with Gasteiger partial charge in [0, 0.05) is 12.6 Å². The summed E-state index contributed by atoms with van der Waals surface area (Å²) in [5, 5.41) is 2.89. The summed E-state index contributed by atoms with van der Waals surface area (Å²) in [6, 6.07) is 13.0. The first-order chi connectivity index (χ1) is 12.6. The Balaban J connectivity index is 1.40. The van der Waals surface area contributed by atoms with E-state index in [9.17, 15) is 4.79 Å². The molecular weight excluding hydrogens is 324 g/mol. The van der Waals surface area contributed by atoms with Crippen LogP contribution in [0.25, 0.3) is 0 Å². The first kappa shape index (κ1) is 18.7. The predicted molar refractivity (Wildman–Crippen MR) is 104 cm³/mol. The monoisotopic (exact) mass is 354 g/mol. The van der Waals surface area contributed by atoms with Gasteiger partial charge in [-0.3, -0.25) is 4.79 Å². The molecule has 2 aromatic rings. The van der Waals surface area contributed by atoms with E-state index in [4.69, 9.17) is 4.42 Å². The Hall–Kier alpha value is -2.07. The van der Waals surface area contributed by atoms with Gasteiger partial charge in [-0.25, -0.2) is 0 Å². The minimum Gasteiger partial charge on any atom is -0.459 e. The van der Waals surface area contributed by atoms with E-state index in [2.05, 4.69) is 48.3 Å². The van der Waals surface area contributed by atoms with Gasteiger partial charge < -0.3 is 14.6 Å². The number of rotatable bonds is 7. The molecule has 0 atom stereocenters. The summed E-state index contributed by atoms with van der Waals surface area (Å²) in [6.45, 7) is 7.66. The van der Waals surface area contributed by atoms with Crippen molar-refractivity contribution in [2.24, 2.45) is 5.92 Å². The number of nitrogens with zero attached hydrogens (tertiary/aromatic N) is 1. The highest BCUT2D eigenvalue weighted by atomic mass is 16.3. The Morgan fingerprint density at radius 3 is 2.46 bits per heavy atom. The largest absolute Gasteiger partial charge is 0.459 e. The van der Waals surface area contributed by atoms with Gasteiger partial charge in [0.05, 0.1) is 6.26 Å². The van der Waals surface area contributed by atoms with Crippen LogP contribution in [0.3, 0.4) is 0 Å². The maximum atomic E-state index is 11.8. The molecule has 140 valence electrons. The van der Waals surface area contributed by atoms with Crippen LogP contribution >= 0.6 is 0 Å². The smallest absolute Gasteiger partial charge is 0.286 e. The van der Waals surface area contributed by atoms with Crippen LogP contribution < -0.4 is 5.32 Å². The highest BCUT2D eigenvalue weighted by molar-refractivity contribution is 5.91. The molecule has 0 bridgehead atoms. The lowest BCUT2D eigenvalue weighted by molar-refractivity contribution is 0.0926. The molecule has 1 aromatic heterocycles. The first-order valence-corrected chi connectivity index (χ1v) is 9.75. The van der Waals surface area contributed by atoms with Gasteiger partial charge in [-0.2, -0.15) is 0 Å². The van der Waals surface area contributed by atoms with Crippen LogP contribution in [0.15, 0.2) is 47.1 Å². The van der Waals surface area contributed by atoms with Gasteiger partial charge in [0.1, 0.15) is 0 Å². The lowest BCUT2D eigenvalue weighted by Gasteiger charge is -2.34. The Morgan fingerprint density at radius 1 is 1.15 bits per heavy atom. The number of benzene rings is 1.